The molecule has 0 spiro atoms. The molecule has 1 aliphatic carbocycles. The molecule has 0 atom stereocenters. The van der Waals surface area contributed by atoms with E-state index in [9.17, 15) is 0 Å². The summed E-state index contributed by atoms with van der Waals surface area (Å²) in [6.07, 6.45) is 6.42. The maximum Gasteiger partial charge on any atom is 0.0692 e. The van der Waals surface area contributed by atoms with Crippen molar-refractivity contribution in [3.05, 3.63) is 29.3 Å². The van der Waals surface area contributed by atoms with Crippen LogP contribution in [0.4, 0.5) is 5.69 Å². The first-order chi connectivity index (χ1) is 8.18. The average Bonchev–Trinajstić information content (AvgIpc) is 2.33. The number of rotatable bonds is 2. The van der Waals surface area contributed by atoms with Crippen molar-refractivity contribution in [1.82, 2.24) is 0 Å². The highest BCUT2D eigenvalue weighted by Gasteiger charge is 2.11. The zero-order chi connectivity index (χ0) is 12.3. The lowest BCUT2D eigenvalue weighted by Crippen LogP contribution is -2.04. The molecular formula is C16H23N. The third kappa shape index (κ3) is 2.96. The molecule has 1 aromatic carbocycles. The molecule has 1 fully saturated rings. The van der Waals surface area contributed by atoms with Gasteiger partial charge >= 0.3 is 0 Å². The van der Waals surface area contributed by atoms with Crippen LogP contribution in [-0.2, 0) is 0 Å². The van der Waals surface area contributed by atoms with E-state index in [-0.39, 0.29) is 0 Å². The molecule has 0 N–H and O–H groups in total. The first-order valence-corrected chi connectivity index (χ1v) is 6.84. The van der Waals surface area contributed by atoms with Crippen molar-refractivity contribution < 1.29 is 0 Å². The van der Waals surface area contributed by atoms with Gasteiger partial charge < -0.3 is 0 Å². The van der Waals surface area contributed by atoms with Crippen LogP contribution in [0.15, 0.2) is 23.2 Å². The van der Waals surface area contributed by atoms with E-state index in [0.29, 0.717) is 5.92 Å². The van der Waals surface area contributed by atoms with E-state index in [0.717, 1.165) is 0 Å². The third-order valence-corrected chi connectivity index (χ3v) is 3.59. The highest BCUT2D eigenvalue weighted by molar-refractivity contribution is 5.88. The smallest absolute Gasteiger partial charge is 0.0692 e. The standard InChI is InChI=1S/C16H23N/c1-12(2)15-11-7-8-13(3)16(15)17-14-9-5-4-6-10-14/h7-8,11-12H,4-6,9-10H2,1-3H3. The van der Waals surface area contributed by atoms with Gasteiger partial charge in [0.05, 0.1) is 5.69 Å². The van der Waals surface area contributed by atoms with E-state index in [2.05, 4.69) is 39.0 Å². The Balaban J connectivity index is 2.36. The molecule has 0 radical (unpaired) electrons. The van der Waals surface area contributed by atoms with Crippen molar-refractivity contribution in [2.75, 3.05) is 0 Å². The van der Waals surface area contributed by atoms with Gasteiger partial charge in [0.25, 0.3) is 0 Å². The lowest BCUT2D eigenvalue weighted by Gasteiger charge is -2.16. The van der Waals surface area contributed by atoms with Crippen LogP contribution in [0.3, 0.4) is 0 Å². The first-order valence-electron chi connectivity index (χ1n) is 6.84. The summed E-state index contributed by atoms with van der Waals surface area (Å²) in [4.78, 5) is 4.96. The monoisotopic (exact) mass is 229 g/mol. The Hall–Kier alpha value is -1.11. The number of hydrogen-bond donors (Lipinski definition) is 0. The van der Waals surface area contributed by atoms with Gasteiger partial charge in [0.2, 0.25) is 0 Å². The minimum Gasteiger partial charge on any atom is -0.257 e. The highest BCUT2D eigenvalue weighted by atomic mass is 14.8. The number of aryl methyl sites for hydroxylation is 1. The predicted octanol–water partition coefficient (Wildman–Crippen LogP) is 5.16. The minimum atomic E-state index is 0.554. The number of benzene rings is 1. The Morgan fingerprint density at radius 3 is 2.41 bits per heavy atom. The van der Waals surface area contributed by atoms with E-state index in [1.807, 2.05) is 0 Å². The van der Waals surface area contributed by atoms with E-state index in [1.54, 1.807) is 0 Å². The molecule has 17 heavy (non-hydrogen) atoms. The van der Waals surface area contributed by atoms with E-state index < -0.39 is 0 Å². The largest absolute Gasteiger partial charge is 0.257 e. The molecule has 1 nitrogen and oxygen atoms in total. The predicted molar refractivity (Wildman–Crippen MR) is 75.4 cm³/mol. The average molecular weight is 229 g/mol. The maximum absolute atomic E-state index is 4.96. The minimum absolute atomic E-state index is 0.554. The molecule has 0 amide bonds. The number of nitrogens with zero attached hydrogens (tertiary/aromatic N) is 1. The summed E-state index contributed by atoms with van der Waals surface area (Å²) in [5.41, 5.74) is 5.35. The van der Waals surface area contributed by atoms with Gasteiger partial charge in [0.15, 0.2) is 0 Å². The molecule has 2 rings (SSSR count). The molecular weight excluding hydrogens is 206 g/mol. The van der Waals surface area contributed by atoms with Crippen molar-refractivity contribution in [3.63, 3.8) is 0 Å². The van der Waals surface area contributed by atoms with Crippen molar-refractivity contribution in [2.24, 2.45) is 4.99 Å². The summed E-state index contributed by atoms with van der Waals surface area (Å²) in [5.74, 6) is 0.554. The Kier molecular flexibility index (Phi) is 3.98. The van der Waals surface area contributed by atoms with Gasteiger partial charge in [-0.05, 0) is 49.7 Å². The van der Waals surface area contributed by atoms with Crippen LogP contribution in [0.2, 0.25) is 0 Å². The van der Waals surface area contributed by atoms with Gasteiger partial charge in [0, 0.05) is 5.71 Å². The summed E-state index contributed by atoms with van der Waals surface area (Å²) in [7, 11) is 0. The molecule has 0 saturated heterocycles. The fourth-order valence-electron chi connectivity index (χ4n) is 2.53. The van der Waals surface area contributed by atoms with Crippen LogP contribution in [0.5, 0.6) is 0 Å². The second-order valence-electron chi connectivity index (χ2n) is 5.41. The Labute approximate surface area is 105 Å². The van der Waals surface area contributed by atoms with E-state index in [1.165, 1.54) is 54.6 Å². The second-order valence-corrected chi connectivity index (χ2v) is 5.41. The fourth-order valence-corrected chi connectivity index (χ4v) is 2.53. The molecule has 0 unspecified atom stereocenters. The van der Waals surface area contributed by atoms with Crippen LogP contribution >= 0.6 is 0 Å². The molecule has 1 saturated carbocycles. The zero-order valence-electron chi connectivity index (χ0n) is 11.3. The lowest BCUT2D eigenvalue weighted by atomic mass is 9.96. The molecule has 0 aromatic heterocycles. The summed E-state index contributed by atoms with van der Waals surface area (Å²) < 4.78 is 0. The van der Waals surface area contributed by atoms with Crippen LogP contribution in [0, 0.1) is 6.92 Å². The van der Waals surface area contributed by atoms with Crippen molar-refractivity contribution >= 4 is 11.4 Å². The molecule has 92 valence electrons. The molecule has 0 aliphatic heterocycles. The van der Waals surface area contributed by atoms with Gasteiger partial charge in [-0.25, -0.2) is 0 Å². The van der Waals surface area contributed by atoms with Crippen LogP contribution in [-0.4, -0.2) is 5.71 Å². The van der Waals surface area contributed by atoms with Crippen LogP contribution < -0.4 is 0 Å². The number of aliphatic imine (C=N–C) groups is 1. The van der Waals surface area contributed by atoms with Crippen LogP contribution in [0.25, 0.3) is 0 Å². The van der Waals surface area contributed by atoms with Crippen molar-refractivity contribution in [3.8, 4) is 0 Å². The maximum atomic E-state index is 4.96. The first kappa shape index (κ1) is 12.3. The summed E-state index contributed by atoms with van der Waals surface area (Å²) in [5, 5.41) is 0. The lowest BCUT2D eigenvalue weighted by molar-refractivity contribution is 0.666. The molecule has 1 aromatic rings. The summed E-state index contributed by atoms with van der Waals surface area (Å²) >= 11 is 0. The second kappa shape index (κ2) is 5.48. The molecule has 0 heterocycles. The van der Waals surface area contributed by atoms with E-state index in [4.69, 9.17) is 4.99 Å². The summed E-state index contributed by atoms with van der Waals surface area (Å²) in [6, 6.07) is 6.54. The molecule has 0 bridgehead atoms. The topological polar surface area (TPSA) is 12.4 Å². The van der Waals surface area contributed by atoms with Crippen molar-refractivity contribution in [2.45, 2.75) is 58.8 Å². The van der Waals surface area contributed by atoms with Crippen molar-refractivity contribution in [1.29, 1.82) is 0 Å². The number of para-hydroxylation sites is 1. The normalized spacial score (nSPS) is 16.4. The third-order valence-electron chi connectivity index (χ3n) is 3.59. The van der Waals surface area contributed by atoms with Gasteiger partial charge in [-0.15, -0.1) is 0 Å². The van der Waals surface area contributed by atoms with E-state index >= 15 is 0 Å². The zero-order valence-corrected chi connectivity index (χ0v) is 11.3. The SMILES string of the molecule is Cc1cccc(C(C)C)c1N=C1CCCCC1. The Bertz CT molecular complexity index is 408. The van der Waals surface area contributed by atoms with Crippen LogP contribution in [0.1, 0.15) is 63.0 Å². The molecule has 1 aliphatic rings. The van der Waals surface area contributed by atoms with Gasteiger partial charge in [-0.2, -0.15) is 0 Å². The fraction of sp³-hybridized carbons (Fsp3) is 0.562. The number of hydrogen-bond acceptors (Lipinski definition) is 1. The molecule has 1 heteroatoms. The van der Waals surface area contributed by atoms with Gasteiger partial charge in [-0.1, -0.05) is 38.5 Å². The summed E-state index contributed by atoms with van der Waals surface area (Å²) in [6.45, 7) is 6.67. The van der Waals surface area contributed by atoms with Gasteiger partial charge in [-0.3, -0.25) is 4.99 Å². The Morgan fingerprint density at radius 2 is 1.76 bits per heavy atom. The highest BCUT2D eigenvalue weighted by Crippen LogP contribution is 2.31. The Morgan fingerprint density at radius 1 is 1.06 bits per heavy atom. The van der Waals surface area contributed by atoms with Gasteiger partial charge in [0.1, 0.15) is 0 Å². The quantitative estimate of drug-likeness (QED) is 0.664.